The van der Waals surface area contributed by atoms with Crippen molar-refractivity contribution in [1.29, 1.82) is 0 Å². The zero-order valence-corrected chi connectivity index (χ0v) is 12.0. The van der Waals surface area contributed by atoms with Gasteiger partial charge in [0.2, 0.25) is 0 Å². The molecule has 0 saturated heterocycles. The molecule has 0 unspecified atom stereocenters. The monoisotopic (exact) mass is 272 g/mol. The highest BCUT2D eigenvalue weighted by molar-refractivity contribution is 7.13. The van der Waals surface area contributed by atoms with Gasteiger partial charge in [0.15, 0.2) is 0 Å². The second-order valence-electron chi connectivity index (χ2n) is 4.45. The molecule has 0 bridgehead atoms. The summed E-state index contributed by atoms with van der Waals surface area (Å²) in [5, 5.41) is 3.97. The summed E-state index contributed by atoms with van der Waals surface area (Å²) in [7, 11) is 0. The lowest BCUT2D eigenvalue weighted by Gasteiger charge is -2.03. The highest BCUT2D eigenvalue weighted by Gasteiger charge is 2.05. The minimum absolute atomic E-state index is 0.187. The van der Waals surface area contributed by atoms with Crippen LogP contribution in [0, 0.1) is 20.8 Å². The lowest BCUT2D eigenvalue weighted by Crippen LogP contribution is -2.17. The Morgan fingerprint density at radius 1 is 1.16 bits per heavy atom. The van der Waals surface area contributed by atoms with Gasteiger partial charge in [-0.15, -0.1) is 11.3 Å². The summed E-state index contributed by atoms with van der Waals surface area (Å²) in [4.78, 5) is 14.1. The highest BCUT2D eigenvalue weighted by Crippen LogP contribution is 2.12. The maximum Gasteiger partial charge on any atom is 0.271 e. The Labute approximate surface area is 117 Å². The Hall–Kier alpha value is -1.94. The molecule has 4 heteroatoms. The summed E-state index contributed by atoms with van der Waals surface area (Å²) in [6, 6.07) is 9.62. The molecule has 0 atom stereocenters. The molecule has 3 nitrogen and oxygen atoms in total. The van der Waals surface area contributed by atoms with E-state index in [0.29, 0.717) is 5.56 Å². The average molecular weight is 272 g/mol. The van der Waals surface area contributed by atoms with Crippen molar-refractivity contribution >= 4 is 23.5 Å². The van der Waals surface area contributed by atoms with Gasteiger partial charge in [-0.25, -0.2) is 5.43 Å². The number of amides is 1. The minimum atomic E-state index is -0.187. The molecular weight excluding hydrogens is 256 g/mol. The minimum Gasteiger partial charge on any atom is -0.267 e. The molecule has 1 aromatic heterocycles. The summed E-state index contributed by atoms with van der Waals surface area (Å²) in [6.07, 6.45) is 1.66. The molecule has 98 valence electrons. The maximum atomic E-state index is 11.9. The first-order valence-corrected chi connectivity index (χ1v) is 6.85. The van der Waals surface area contributed by atoms with Crippen LogP contribution in [0.1, 0.15) is 31.2 Å². The molecule has 1 amide bonds. The van der Waals surface area contributed by atoms with Crippen molar-refractivity contribution < 1.29 is 4.79 Å². The normalized spacial score (nSPS) is 10.9. The van der Waals surface area contributed by atoms with Gasteiger partial charge >= 0.3 is 0 Å². The van der Waals surface area contributed by atoms with Crippen molar-refractivity contribution in [2.45, 2.75) is 20.8 Å². The van der Waals surface area contributed by atoms with Crippen molar-refractivity contribution in [2.75, 3.05) is 0 Å². The summed E-state index contributed by atoms with van der Waals surface area (Å²) < 4.78 is 0. The number of hydrazone groups is 1. The van der Waals surface area contributed by atoms with Crippen molar-refractivity contribution in [3.05, 3.63) is 56.8 Å². The number of nitrogens with zero attached hydrogens (tertiary/aromatic N) is 1. The molecule has 1 heterocycles. The Bertz CT molecular complexity index is 629. The van der Waals surface area contributed by atoms with Gasteiger partial charge < -0.3 is 0 Å². The van der Waals surface area contributed by atoms with Crippen LogP contribution < -0.4 is 5.43 Å². The van der Waals surface area contributed by atoms with Crippen LogP contribution in [-0.2, 0) is 0 Å². The summed E-state index contributed by atoms with van der Waals surface area (Å²) in [5.41, 5.74) is 5.45. The molecule has 19 heavy (non-hydrogen) atoms. The number of carbonyl (C=O) groups is 1. The first-order chi connectivity index (χ1) is 9.06. The smallest absolute Gasteiger partial charge is 0.267 e. The summed E-state index contributed by atoms with van der Waals surface area (Å²) in [5.74, 6) is -0.187. The SMILES string of the molecule is Cc1ccc(/C=N/NC(=O)c2ccc(C)c(C)c2)s1. The Morgan fingerprint density at radius 2 is 1.95 bits per heavy atom. The van der Waals surface area contributed by atoms with Gasteiger partial charge in [0.1, 0.15) is 0 Å². The quantitative estimate of drug-likeness (QED) is 0.675. The fraction of sp³-hybridized carbons (Fsp3) is 0.200. The lowest BCUT2D eigenvalue weighted by atomic mass is 10.1. The first kappa shape index (κ1) is 13.5. The lowest BCUT2D eigenvalue weighted by molar-refractivity contribution is 0.0955. The van der Waals surface area contributed by atoms with E-state index in [-0.39, 0.29) is 5.91 Å². The number of benzene rings is 1. The number of hydrogen-bond donors (Lipinski definition) is 1. The molecule has 0 aliphatic rings. The first-order valence-electron chi connectivity index (χ1n) is 6.03. The molecule has 1 N–H and O–H groups in total. The van der Waals surface area contributed by atoms with E-state index in [1.165, 1.54) is 10.4 Å². The van der Waals surface area contributed by atoms with Crippen LogP contribution in [0.5, 0.6) is 0 Å². The number of nitrogens with one attached hydrogen (secondary N) is 1. The molecule has 0 aliphatic heterocycles. The Morgan fingerprint density at radius 3 is 2.58 bits per heavy atom. The molecule has 0 saturated carbocycles. The van der Waals surface area contributed by atoms with Crippen LogP contribution in [0.15, 0.2) is 35.4 Å². The van der Waals surface area contributed by atoms with Crippen molar-refractivity contribution in [3.63, 3.8) is 0 Å². The van der Waals surface area contributed by atoms with Crippen LogP contribution in [0.3, 0.4) is 0 Å². The Balaban J connectivity index is 2.01. The van der Waals surface area contributed by atoms with Gasteiger partial charge in [-0.1, -0.05) is 6.07 Å². The zero-order chi connectivity index (χ0) is 13.8. The largest absolute Gasteiger partial charge is 0.271 e. The number of aryl methyl sites for hydroxylation is 3. The zero-order valence-electron chi connectivity index (χ0n) is 11.2. The third kappa shape index (κ3) is 3.51. The number of thiophene rings is 1. The Kier molecular flexibility index (Phi) is 4.12. The van der Waals surface area contributed by atoms with Crippen molar-refractivity contribution in [1.82, 2.24) is 5.43 Å². The van der Waals surface area contributed by atoms with E-state index in [4.69, 9.17) is 0 Å². The molecule has 0 aliphatic carbocycles. The number of hydrogen-bond acceptors (Lipinski definition) is 3. The third-order valence-corrected chi connectivity index (χ3v) is 3.82. The van der Waals surface area contributed by atoms with Gasteiger partial charge in [0.05, 0.1) is 6.21 Å². The molecule has 0 radical (unpaired) electrons. The van der Waals surface area contributed by atoms with E-state index in [9.17, 15) is 4.79 Å². The molecule has 0 fully saturated rings. The third-order valence-electron chi connectivity index (χ3n) is 2.89. The predicted molar refractivity (Wildman–Crippen MR) is 80.0 cm³/mol. The molecule has 0 spiro atoms. The van der Waals surface area contributed by atoms with Gasteiger partial charge in [0.25, 0.3) is 5.91 Å². The second kappa shape index (κ2) is 5.80. The fourth-order valence-electron chi connectivity index (χ4n) is 1.62. The fourth-order valence-corrected chi connectivity index (χ4v) is 2.37. The standard InChI is InChI=1S/C15H16N2OS/c1-10-4-6-13(8-11(10)2)15(18)17-16-9-14-7-5-12(3)19-14/h4-9H,1-3H3,(H,17,18)/b16-9+. The van der Waals surface area contributed by atoms with E-state index in [2.05, 4.69) is 10.5 Å². The second-order valence-corrected chi connectivity index (χ2v) is 5.77. The van der Waals surface area contributed by atoms with Crippen molar-refractivity contribution in [2.24, 2.45) is 5.10 Å². The van der Waals surface area contributed by atoms with Gasteiger partial charge in [-0.3, -0.25) is 4.79 Å². The van der Waals surface area contributed by atoms with Gasteiger partial charge in [0, 0.05) is 15.3 Å². The van der Waals surface area contributed by atoms with Crippen LogP contribution >= 0.6 is 11.3 Å². The van der Waals surface area contributed by atoms with Gasteiger partial charge in [-0.05, 0) is 56.2 Å². The average Bonchev–Trinajstić information content (AvgIpc) is 2.78. The maximum absolute atomic E-state index is 11.9. The van der Waals surface area contributed by atoms with E-state index < -0.39 is 0 Å². The highest BCUT2D eigenvalue weighted by atomic mass is 32.1. The van der Waals surface area contributed by atoms with Crippen LogP contribution in [-0.4, -0.2) is 12.1 Å². The summed E-state index contributed by atoms with van der Waals surface area (Å²) in [6.45, 7) is 6.05. The summed E-state index contributed by atoms with van der Waals surface area (Å²) >= 11 is 1.64. The van der Waals surface area contributed by atoms with E-state index in [0.717, 1.165) is 10.4 Å². The molecule has 2 rings (SSSR count). The number of carbonyl (C=O) groups excluding carboxylic acids is 1. The topological polar surface area (TPSA) is 41.5 Å². The van der Waals surface area contributed by atoms with E-state index in [1.54, 1.807) is 17.6 Å². The van der Waals surface area contributed by atoms with Gasteiger partial charge in [-0.2, -0.15) is 5.10 Å². The van der Waals surface area contributed by atoms with Crippen LogP contribution in [0.4, 0.5) is 0 Å². The van der Waals surface area contributed by atoms with E-state index in [1.807, 2.05) is 51.1 Å². The number of rotatable bonds is 3. The molecular formula is C15H16N2OS. The molecule has 1 aromatic carbocycles. The van der Waals surface area contributed by atoms with Crippen LogP contribution in [0.25, 0.3) is 0 Å². The van der Waals surface area contributed by atoms with Crippen LogP contribution in [0.2, 0.25) is 0 Å². The predicted octanol–water partition coefficient (Wildman–Crippen LogP) is 3.44. The van der Waals surface area contributed by atoms with E-state index >= 15 is 0 Å². The molecule has 2 aromatic rings. The van der Waals surface area contributed by atoms with Crippen molar-refractivity contribution in [3.8, 4) is 0 Å².